The minimum atomic E-state index is 0.330. The lowest BCUT2D eigenvalue weighted by Crippen LogP contribution is -2.41. The maximum absolute atomic E-state index is 5.67. The third kappa shape index (κ3) is 4.67. The summed E-state index contributed by atoms with van der Waals surface area (Å²) in [5.41, 5.74) is 2.65. The Balaban J connectivity index is 1.52. The predicted molar refractivity (Wildman–Crippen MR) is 97.6 cm³/mol. The van der Waals surface area contributed by atoms with Gasteiger partial charge in [-0.25, -0.2) is 9.97 Å². The van der Waals surface area contributed by atoms with E-state index in [0.717, 1.165) is 50.7 Å². The molecule has 0 spiro atoms. The molecule has 0 radical (unpaired) electrons. The van der Waals surface area contributed by atoms with Gasteiger partial charge >= 0.3 is 0 Å². The molecule has 0 amide bonds. The van der Waals surface area contributed by atoms with Crippen molar-refractivity contribution in [2.24, 2.45) is 0 Å². The van der Waals surface area contributed by atoms with Crippen LogP contribution in [0.2, 0.25) is 0 Å². The van der Waals surface area contributed by atoms with Crippen molar-refractivity contribution in [1.82, 2.24) is 14.9 Å². The number of nitrogens with one attached hydrogen (secondary N) is 1. The number of nitrogens with zero attached hydrogens (tertiary/aromatic N) is 3. The van der Waals surface area contributed by atoms with Gasteiger partial charge in [0.05, 0.1) is 12.7 Å². The summed E-state index contributed by atoms with van der Waals surface area (Å²) in [6.45, 7) is 10.4. The second-order valence-corrected chi connectivity index (χ2v) is 7.43. The minimum Gasteiger partial charge on any atom is -0.377 e. The zero-order valence-corrected chi connectivity index (χ0v) is 15.5. The van der Waals surface area contributed by atoms with Crippen LogP contribution in [0.3, 0.4) is 0 Å². The predicted octanol–water partition coefficient (Wildman–Crippen LogP) is 2.97. The molecule has 5 nitrogen and oxygen atoms in total. The highest BCUT2D eigenvalue weighted by Gasteiger charge is 2.22. The number of piperidine rings is 1. The van der Waals surface area contributed by atoms with Crippen LogP contribution in [-0.2, 0) is 17.6 Å². The van der Waals surface area contributed by atoms with Crippen LogP contribution in [0.5, 0.6) is 0 Å². The Morgan fingerprint density at radius 1 is 1.17 bits per heavy atom. The quantitative estimate of drug-likeness (QED) is 0.868. The minimum absolute atomic E-state index is 0.330. The molecule has 1 N–H and O–H groups in total. The average molecular weight is 332 g/mol. The van der Waals surface area contributed by atoms with Crippen LogP contribution in [0.1, 0.15) is 56.6 Å². The summed E-state index contributed by atoms with van der Waals surface area (Å²) in [7, 11) is 0. The Morgan fingerprint density at radius 2 is 1.92 bits per heavy atom. The van der Waals surface area contributed by atoms with Crippen molar-refractivity contribution < 1.29 is 4.74 Å². The number of likely N-dealkylation sites (tertiary alicyclic amines) is 1. The molecule has 2 aliphatic rings. The molecule has 0 saturated carbocycles. The summed E-state index contributed by atoms with van der Waals surface area (Å²) < 4.78 is 5.67. The summed E-state index contributed by atoms with van der Waals surface area (Å²) >= 11 is 0. The van der Waals surface area contributed by atoms with Gasteiger partial charge in [-0.2, -0.15) is 0 Å². The Bertz CT molecular complexity index is 538. The Labute approximate surface area is 146 Å². The van der Waals surface area contributed by atoms with Gasteiger partial charge < -0.3 is 15.0 Å². The molecule has 0 bridgehead atoms. The highest BCUT2D eigenvalue weighted by molar-refractivity contribution is 5.48. The van der Waals surface area contributed by atoms with Crippen molar-refractivity contribution in [3.8, 4) is 0 Å². The first-order valence-electron chi connectivity index (χ1n) is 9.58. The zero-order chi connectivity index (χ0) is 16.9. The maximum Gasteiger partial charge on any atom is 0.133 e. The SMILES string of the molecule is Cc1nc2c(c(NC3CCN(CCOC(C)C)CC3)n1)CCCC2. The summed E-state index contributed by atoms with van der Waals surface area (Å²) in [6, 6.07) is 0.535. The monoisotopic (exact) mass is 332 g/mol. The van der Waals surface area contributed by atoms with Crippen LogP contribution < -0.4 is 5.32 Å². The highest BCUT2D eigenvalue weighted by atomic mass is 16.5. The van der Waals surface area contributed by atoms with Gasteiger partial charge in [-0.05, 0) is 59.3 Å². The largest absolute Gasteiger partial charge is 0.377 e. The molecule has 1 aromatic heterocycles. The summed E-state index contributed by atoms with van der Waals surface area (Å²) in [6.07, 6.45) is 7.46. The summed E-state index contributed by atoms with van der Waals surface area (Å²) in [5.74, 6) is 2.01. The van der Waals surface area contributed by atoms with E-state index in [1.807, 2.05) is 6.92 Å². The molecule has 0 atom stereocenters. The molecule has 3 rings (SSSR count). The van der Waals surface area contributed by atoms with E-state index in [4.69, 9.17) is 9.72 Å². The molecule has 1 saturated heterocycles. The molecule has 1 aliphatic heterocycles. The van der Waals surface area contributed by atoms with E-state index < -0.39 is 0 Å². The van der Waals surface area contributed by atoms with Gasteiger partial charge in [-0.1, -0.05) is 0 Å². The number of aryl methyl sites for hydroxylation is 2. The fourth-order valence-corrected chi connectivity index (χ4v) is 3.75. The van der Waals surface area contributed by atoms with E-state index in [1.165, 1.54) is 36.9 Å². The lowest BCUT2D eigenvalue weighted by atomic mass is 9.95. The van der Waals surface area contributed by atoms with Crippen LogP contribution in [0.15, 0.2) is 0 Å². The Kier molecular flexibility index (Phi) is 6.06. The summed E-state index contributed by atoms with van der Waals surface area (Å²) in [4.78, 5) is 11.9. The van der Waals surface area contributed by atoms with E-state index >= 15 is 0 Å². The lowest BCUT2D eigenvalue weighted by Gasteiger charge is -2.33. The number of fused-ring (bicyclic) bond motifs is 1. The number of rotatable bonds is 6. The highest BCUT2D eigenvalue weighted by Crippen LogP contribution is 2.27. The topological polar surface area (TPSA) is 50.3 Å². The van der Waals surface area contributed by atoms with Crippen LogP contribution in [0.25, 0.3) is 0 Å². The van der Waals surface area contributed by atoms with Crippen LogP contribution >= 0.6 is 0 Å². The van der Waals surface area contributed by atoms with Gasteiger partial charge in [0.1, 0.15) is 11.6 Å². The first-order valence-corrected chi connectivity index (χ1v) is 9.58. The number of hydrogen-bond donors (Lipinski definition) is 1. The Morgan fingerprint density at radius 3 is 2.67 bits per heavy atom. The van der Waals surface area contributed by atoms with Crippen molar-refractivity contribution in [1.29, 1.82) is 0 Å². The van der Waals surface area contributed by atoms with Crippen molar-refractivity contribution in [2.45, 2.75) is 71.4 Å². The summed E-state index contributed by atoms with van der Waals surface area (Å²) in [5, 5.41) is 3.74. The van der Waals surface area contributed by atoms with Crippen LogP contribution in [0, 0.1) is 6.92 Å². The second-order valence-electron chi connectivity index (χ2n) is 7.43. The van der Waals surface area contributed by atoms with Crippen molar-refractivity contribution in [3.05, 3.63) is 17.1 Å². The molecule has 1 aromatic rings. The standard InChI is InChI=1S/C19H32N4O/c1-14(2)24-13-12-23-10-8-16(9-11-23)22-19-17-6-4-5-7-18(17)20-15(3)21-19/h14,16H,4-13H2,1-3H3,(H,20,21,22). The van der Waals surface area contributed by atoms with E-state index in [9.17, 15) is 0 Å². The number of anilines is 1. The lowest BCUT2D eigenvalue weighted by molar-refractivity contribution is 0.0543. The smallest absolute Gasteiger partial charge is 0.133 e. The van der Waals surface area contributed by atoms with Crippen LogP contribution in [-0.4, -0.2) is 53.3 Å². The normalized spacial score (nSPS) is 19.5. The third-order valence-electron chi connectivity index (χ3n) is 5.08. The third-order valence-corrected chi connectivity index (χ3v) is 5.08. The second kappa shape index (κ2) is 8.26. The van der Waals surface area contributed by atoms with Crippen molar-refractivity contribution in [3.63, 3.8) is 0 Å². The maximum atomic E-state index is 5.67. The molecular formula is C19H32N4O. The molecule has 1 fully saturated rings. The number of hydrogen-bond acceptors (Lipinski definition) is 5. The average Bonchev–Trinajstić information content (AvgIpc) is 2.56. The van der Waals surface area contributed by atoms with E-state index in [2.05, 4.69) is 29.0 Å². The van der Waals surface area contributed by atoms with Gasteiger partial charge in [0.25, 0.3) is 0 Å². The van der Waals surface area contributed by atoms with Gasteiger partial charge in [0.15, 0.2) is 0 Å². The van der Waals surface area contributed by atoms with Gasteiger partial charge in [0.2, 0.25) is 0 Å². The van der Waals surface area contributed by atoms with Gasteiger partial charge in [-0.15, -0.1) is 0 Å². The van der Waals surface area contributed by atoms with E-state index in [-0.39, 0.29) is 0 Å². The molecular weight excluding hydrogens is 300 g/mol. The molecule has 0 aromatic carbocycles. The first-order chi connectivity index (χ1) is 11.6. The molecule has 2 heterocycles. The number of aromatic nitrogens is 2. The van der Waals surface area contributed by atoms with Gasteiger partial charge in [-0.3, -0.25) is 0 Å². The van der Waals surface area contributed by atoms with E-state index in [1.54, 1.807) is 0 Å². The molecule has 0 unspecified atom stereocenters. The molecule has 5 heteroatoms. The fourth-order valence-electron chi connectivity index (χ4n) is 3.75. The fraction of sp³-hybridized carbons (Fsp3) is 0.789. The van der Waals surface area contributed by atoms with Crippen LogP contribution in [0.4, 0.5) is 5.82 Å². The molecule has 134 valence electrons. The number of ether oxygens (including phenoxy) is 1. The van der Waals surface area contributed by atoms with Crippen molar-refractivity contribution in [2.75, 3.05) is 31.6 Å². The molecule has 24 heavy (non-hydrogen) atoms. The van der Waals surface area contributed by atoms with E-state index in [0.29, 0.717) is 12.1 Å². The first kappa shape index (κ1) is 17.6. The van der Waals surface area contributed by atoms with Crippen molar-refractivity contribution >= 4 is 5.82 Å². The zero-order valence-electron chi connectivity index (χ0n) is 15.5. The van der Waals surface area contributed by atoms with Gasteiger partial charge in [0, 0.05) is 36.9 Å². The Hall–Kier alpha value is -1.20. The molecule has 1 aliphatic carbocycles.